The van der Waals surface area contributed by atoms with Gasteiger partial charge in [0.1, 0.15) is 42.2 Å². The largest absolute Gasteiger partial charge is 0.508 e. The maximum atomic E-state index is 13.6. The van der Waals surface area contributed by atoms with E-state index in [1.807, 2.05) is 0 Å². The number of carbonyl (C=O) groups is 5. The van der Waals surface area contributed by atoms with Crippen molar-refractivity contribution in [2.45, 2.75) is 81.9 Å². The van der Waals surface area contributed by atoms with Crippen LogP contribution in [0.2, 0.25) is 0 Å². The molecule has 0 aromatic heterocycles. The van der Waals surface area contributed by atoms with Crippen LogP contribution in [-0.4, -0.2) is 124 Å². The van der Waals surface area contributed by atoms with Gasteiger partial charge < -0.3 is 62.6 Å². The first-order chi connectivity index (χ1) is 24.2. The third-order valence-corrected chi connectivity index (χ3v) is 8.08. The van der Waals surface area contributed by atoms with E-state index in [2.05, 4.69) is 26.6 Å². The van der Waals surface area contributed by atoms with Crippen LogP contribution >= 0.6 is 0 Å². The quantitative estimate of drug-likeness (QED) is 0.0767. The first-order valence-corrected chi connectivity index (χ1v) is 16.5. The number of phenols is 1. The molecule has 0 saturated carbocycles. The van der Waals surface area contributed by atoms with Gasteiger partial charge in [-0.15, -0.1) is 0 Å². The van der Waals surface area contributed by atoms with E-state index in [9.17, 15) is 49.5 Å². The number of ether oxygens (including phenoxy) is 1. The predicted molar refractivity (Wildman–Crippen MR) is 181 cm³/mol. The zero-order valence-corrected chi connectivity index (χ0v) is 28.4. The zero-order chi connectivity index (χ0) is 37.7. The summed E-state index contributed by atoms with van der Waals surface area (Å²) in [5.74, 6) is -3.64. The van der Waals surface area contributed by atoms with Crippen molar-refractivity contribution in [2.24, 2.45) is 11.7 Å². The van der Waals surface area contributed by atoms with Crippen LogP contribution in [0, 0.1) is 5.92 Å². The lowest BCUT2D eigenvalue weighted by atomic mass is 9.96. The predicted octanol–water partition coefficient (Wildman–Crippen LogP) is -3.33. The van der Waals surface area contributed by atoms with Gasteiger partial charge in [0.05, 0.1) is 25.7 Å². The topological polar surface area (TPSA) is 282 Å². The average Bonchev–Trinajstić information content (AvgIpc) is 3.10. The average molecular weight is 717 g/mol. The summed E-state index contributed by atoms with van der Waals surface area (Å²) in [6.07, 6.45) is -6.06. The molecule has 280 valence electrons. The Hall–Kier alpha value is -4.65. The van der Waals surface area contributed by atoms with Gasteiger partial charge in [0.2, 0.25) is 29.5 Å². The molecule has 0 radical (unpaired) electrons. The van der Waals surface area contributed by atoms with Gasteiger partial charge in [0, 0.05) is 6.42 Å². The van der Waals surface area contributed by atoms with Crippen molar-refractivity contribution >= 4 is 29.5 Å². The minimum atomic E-state index is -1.77. The van der Waals surface area contributed by atoms with Crippen molar-refractivity contribution in [1.29, 1.82) is 0 Å². The molecule has 17 nitrogen and oxygen atoms in total. The summed E-state index contributed by atoms with van der Waals surface area (Å²) in [4.78, 5) is 64.6. The van der Waals surface area contributed by atoms with Gasteiger partial charge in [0.15, 0.2) is 6.29 Å². The molecule has 17 heteroatoms. The van der Waals surface area contributed by atoms with Crippen LogP contribution in [0.5, 0.6) is 5.75 Å². The Balaban J connectivity index is 1.60. The lowest BCUT2D eigenvalue weighted by Crippen LogP contribution is -2.66. The number of aliphatic hydroxyl groups is 4. The van der Waals surface area contributed by atoms with E-state index in [-0.39, 0.29) is 30.9 Å². The van der Waals surface area contributed by atoms with Crippen LogP contribution in [0.3, 0.4) is 0 Å². The van der Waals surface area contributed by atoms with E-state index in [1.165, 1.54) is 12.1 Å². The number of nitrogens with two attached hydrogens (primary N) is 1. The number of carbonyl (C=O) groups excluding carboxylic acids is 5. The maximum Gasteiger partial charge on any atom is 0.243 e. The maximum absolute atomic E-state index is 13.6. The molecule has 2 aromatic rings. The molecule has 12 N–H and O–H groups in total. The fourth-order valence-electron chi connectivity index (χ4n) is 5.32. The molecule has 1 fully saturated rings. The second-order valence-corrected chi connectivity index (χ2v) is 12.7. The van der Waals surface area contributed by atoms with Crippen LogP contribution in [0.1, 0.15) is 31.4 Å². The van der Waals surface area contributed by atoms with Crippen molar-refractivity contribution in [3.05, 3.63) is 65.7 Å². The summed E-state index contributed by atoms with van der Waals surface area (Å²) in [7, 11) is 0. The second-order valence-electron chi connectivity index (χ2n) is 12.7. The summed E-state index contributed by atoms with van der Waals surface area (Å²) in [6, 6.07) is 10.00. The summed E-state index contributed by atoms with van der Waals surface area (Å²) in [6.45, 7) is 1.90. The number of hydrogen-bond acceptors (Lipinski definition) is 12. The molecule has 5 amide bonds. The summed E-state index contributed by atoms with van der Waals surface area (Å²) < 4.78 is 5.11. The number of phenolic OH excluding ortho intramolecular Hbond substituents is 1. The van der Waals surface area contributed by atoms with E-state index in [4.69, 9.17) is 10.5 Å². The molecule has 51 heavy (non-hydrogen) atoms. The van der Waals surface area contributed by atoms with E-state index in [1.54, 1.807) is 56.3 Å². The smallest absolute Gasteiger partial charge is 0.243 e. The number of rotatable bonds is 17. The highest BCUT2D eigenvalue weighted by molar-refractivity contribution is 5.94. The van der Waals surface area contributed by atoms with Gasteiger partial charge in [-0.05, 0) is 42.0 Å². The molecule has 0 bridgehead atoms. The fourth-order valence-corrected chi connectivity index (χ4v) is 5.32. The Morgan fingerprint density at radius 1 is 0.765 bits per heavy atom. The summed E-state index contributed by atoms with van der Waals surface area (Å²) >= 11 is 0. The third kappa shape index (κ3) is 12.9. The second kappa shape index (κ2) is 19.7. The van der Waals surface area contributed by atoms with Crippen molar-refractivity contribution in [1.82, 2.24) is 26.6 Å². The SMILES string of the molecule is CC(C)CC(NC(=O)C(Cc1ccccc1)NC(=O)CNC(=O)CNC(=O)C(N)Cc1ccc(O)cc1)C(=O)NC1C(O)OC(CO)C(O)C1O. The van der Waals surface area contributed by atoms with Gasteiger partial charge in [-0.2, -0.15) is 0 Å². The molecule has 0 spiro atoms. The van der Waals surface area contributed by atoms with Crippen molar-refractivity contribution < 1.29 is 54.2 Å². The fraction of sp³-hybridized carbons (Fsp3) is 0.500. The molecule has 1 aliphatic heterocycles. The minimum Gasteiger partial charge on any atom is -0.508 e. The minimum absolute atomic E-state index is 0.0139. The molecular weight excluding hydrogens is 668 g/mol. The molecule has 3 rings (SSSR count). The Kier molecular flexibility index (Phi) is 15.7. The van der Waals surface area contributed by atoms with E-state index in [0.717, 1.165) is 0 Å². The Labute approximate surface area is 294 Å². The molecule has 1 aliphatic rings. The van der Waals surface area contributed by atoms with Crippen LogP contribution in [-0.2, 0) is 41.6 Å². The first kappa shape index (κ1) is 40.8. The Bertz CT molecular complexity index is 1460. The van der Waals surface area contributed by atoms with Crippen molar-refractivity contribution in [3.8, 4) is 5.75 Å². The first-order valence-electron chi connectivity index (χ1n) is 16.5. The number of amides is 5. The number of nitrogens with one attached hydrogen (secondary N) is 5. The number of aliphatic hydroxyl groups excluding tert-OH is 4. The molecule has 2 aromatic carbocycles. The van der Waals surface area contributed by atoms with Gasteiger partial charge in [0.25, 0.3) is 0 Å². The standard InChI is InChI=1S/C34H48N6O11/c1-18(2)12-23(33(49)40-28-30(46)29(45)25(17-41)51-34(28)50)39-32(48)24(14-19-6-4-3-5-7-19)38-27(44)16-36-26(43)15-37-31(47)22(35)13-20-8-10-21(42)11-9-20/h3-11,18,22-25,28-30,34,41-42,45-46,50H,12-17,35H2,1-2H3,(H,36,43)(H,37,47)(H,38,44)(H,39,48)(H,40,49). The van der Waals surface area contributed by atoms with Crippen LogP contribution in [0.4, 0.5) is 0 Å². The number of benzene rings is 2. The van der Waals surface area contributed by atoms with E-state index >= 15 is 0 Å². The van der Waals surface area contributed by atoms with Crippen molar-refractivity contribution in [2.75, 3.05) is 19.7 Å². The molecule has 8 unspecified atom stereocenters. The van der Waals surface area contributed by atoms with E-state index in [0.29, 0.717) is 11.1 Å². The zero-order valence-electron chi connectivity index (χ0n) is 28.4. The molecule has 1 saturated heterocycles. The lowest BCUT2D eigenvalue weighted by Gasteiger charge is -2.40. The number of hydrogen-bond donors (Lipinski definition) is 11. The Morgan fingerprint density at radius 2 is 1.39 bits per heavy atom. The normalized spacial score (nSPS) is 21.8. The number of aromatic hydroxyl groups is 1. The summed E-state index contributed by atoms with van der Waals surface area (Å²) in [5, 5.41) is 62.1. The van der Waals surface area contributed by atoms with Gasteiger partial charge in [-0.25, -0.2) is 0 Å². The third-order valence-electron chi connectivity index (χ3n) is 8.08. The van der Waals surface area contributed by atoms with Crippen LogP contribution < -0.4 is 32.3 Å². The highest BCUT2D eigenvalue weighted by Crippen LogP contribution is 2.20. The lowest BCUT2D eigenvalue weighted by molar-refractivity contribution is -0.254. The van der Waals surface area contributed by atoms with Gasteiger partial charge in [-0.1, -0.05) is 56.3 Å². The van der Waals surface area contributed by atoms with Crippen molar-refractivity contribution in [3.63, 3.8) is 0 Å². The van der Waals surface area contributed by atoms with E-state index < -0.39 is 98.0 Å². The molecule has 1 heterocycles. The van der Waals surface area contributed by atoms with Gasteiger partial charge >= 0.3 is 0 Å². The van der Waals surface area contributed by atoms with Crippen LogP contribution in [0.15, 0.2) is 54.6 Å². The molecule has 0 aliphatic carbocycles. The molecular formula is C34H48N6O11. The van der Waals surface area contributed by atoms with Crippen LogP contribution in [0.25, 0.3) is 0 Å². The monoisotopic (exact) mass is 716 g/mol. The van der Waals surface area contributed by atoms with Gasteiger partial charge in [-0.3, -0.25) is 24.0 Å². The Morgan fingerprint density at radius 3 is 2.02 bits per heavy atom. The highest BCUT2D eigenvalue weighted by atomic mass is 16.6. The molecule has 8 atom stereocenters. The summed E-state index contributed by atoms with van der Waals surface area (Å²) in [5.41, 5.74) is 7.30. The highest BCUT2D eigenvalue weighted by Gasteiger charge is 2.45.